The third kappa shape index (κ3) is 6.93. The van der Waals surface area contributed by atoms with E-state index in [1.54, 1.807) is 30.3 Å². The second-order valence-corrected chi connectivity index (χ2v) is 6.11. The minimum absolute atomic E-state index is 0.0931. The molecule has 7 heteroatoms. The van der Waals surface area contributed by atoms with Gasteiger partial charge in [0.15, 0.2) is 0 Å². The first-order chi connectivity index (χ1) is 12.0. The molecule has 0 saturated heterocycles. The minimum Gasteiger partial charge on any atom is -0.494 e. The fourth-order valence-electron chi connectivity index (χ4n) is 1.98. The lowest BCUT2D eigenvalue weighted by Gasteiger charge is -2.08. The third-order valence-electron chi connectivity index (χ3n) is 3.22. The van der Waals surface area contributed by atoms with Crippen LogP contribution in [0.4, 0.5) is 4.39 Å². The molecule has 0 spiro atoms. The molecule has 0 aliphatic carbocycles. The van der Waals surface area contributed by atoms with Crippen LogP contribution in [0.5, 0.6) is 5.75 Å². The highest BCUT2D eigenvalue weighted by Gasteiger charge is 2.08. The van der Waals surface area contributed by atoms with E-state index in [0.29, 0.717) is 30.9 Å². The molecule has 0 aromatic heterocycles. The van der Waals surface area contributed by atoms with E-state index in [4.69, 9.17) is 4.74 Å². The lowest BCUT2D eigenvalue weighted by Crippen LogP contribution is -2.37. The van der Waals surface area contributed by atoms with Gasteiger partial charge in [0.2, 0.25) is 5.91 Å². The SMILES string of the molecule is O=C(CNC(=O)c1cccc(Br)c1)NCCCOc1ccc(F)cc1. The van der Waals surface area contributed by atoms with Gasteiger partial charge in [-0.3, -0.25) is 9.59 Å². The number of benzene rings is 2. The van der Waals surface area contributed by atoms with Gasteiger partial charge in [-0.05, 0) is 48.9 Å². The number of halogens is 2. The van der Waals surface area contributed by atoms with Crippen LogP contribution in [0.2, 0.25) is 0 Å². The van der Waals surface area contributed by atoms with Crippen molar-refractivity contribution in [3.63, 3.8) is 0 Å². The van der Waals surface area contributed by atoms with Crippen LogP contribution in [-0.2, 0) is 4.79 Å². The summed E-state index contributed by atoms with van der Waals surface area (Å²) in [5, 5.41) is 5.25. The topological polar surface area (TPSA) is 67.4 Å². The number of hydrogen-bond donors (Lipinski definition) is 2. The maximum atomic E-state index is 12.7. The Bertz CT molecular complexity index is 723. The Morgan fingerprint density at radius 2 is 1.84 bits per heavy atom. The summed E-state index contributed by atoms with van der Waals surface area (Å²) in [5.74, 6) is -0.320. The fourth-order valence-corrected chi connectivity index (χ4v) is 2.37. The van der Waals surface area contributed by atoms with Crippen molar-refractivity contribution in [2.75, 3.05) is 19.7 Å². The Kier molecular flexibility index (Phi) is 7.40. The van der Waals surface area contributed by atoms with E-state index in [1.807, 2.05) is 6.07 Å². The molecule has 0 saturated carbocycles. The molecule has 2 N–H and O–H groups in total. The largest absolute Gasteiger partial charge is 0.494 e. The maximum Gasteiger partial charge on any atom is 0.251 e. The molecule has 0 atom stereocenters. The summed E-state index contributed by atoms with van der Waals surface area (Å²) < 4.78 is 19.0. The van der Waals surface area contributed by atoms with E-state index in [-0.39, 0.29) is 24.2 Å². The Labute approximate surface area is 153 Å². The van der Waals surface area contributed by atoms with Crippen molar-refractivity contribution in [2.45, 2.75) is 6.42 Å². The molecule has 0 aliphatic rings. The second kappa shape index (κ2) is 9.78. The third-order valence-corrected chi connectivity index (χ3v) is 3.72. The fraction of sp³-hybridized carbons (Fsp3) is 0.222. The summed E-state index contributed by atoms with van der Waals surface area (Å²) in [6, 6.07) is 12.7. The van der Waals surface area contributed by atoms with Gasteiger partial charge < -0.3 is 15.4 Å². The zero-order chi connectivity index (χ0) is 18.1. The van der Waals surface area contributed by atoms with Crippen molar-refractivity contribution in [1.29, 1.82) is 0 Å². The lowest BCUT2D eigenvalue weighted by molar-refractivity contribution is -0.120. The van der Waals surface area contributed by atoms with Gasteiger partial charge in [0.05, 0.1) is 13.2 Å². The molecule has 132 valence electrons. The van der Waals surface area contributed by atoms with Crippen LogP contribution in [0.15, 0.2) is 53.0 Å². The normalized spacial score (nSPS) is 10.2. The Morgan fingerprint density at radius 1 is 1.08 bits per heavy atom. The molecular formula is C18H18BrFN2O3. The van der Waals surface area contributed by atoms with Crippen LogP contribution in [0.1, 0.15) is 16.8 Å². The van der Waals surface area contributed by atoms with Gasteiger partial charge >= 0.3 is 0 Å². The van der Waals surface area contributed by atoms with Crippen molar-refractivity contribution >= 4 is 27.7 Å². The first-order valence-electron chi connectivity index (χ1n) is 7.73. The molecule has 2 amide bonds. The smallest absolute Gasteiger partial charge is 0.251 e. The average Bonchev–Trinajstić information content (AvgIpc) is 2.61. The number of carbonyl (C=O) groups is 2. The molecular weight excluding hydrogens is 391 g/mol. The van der Waals surface area contributed by atoms with E-state index in [2.05, 4.69) is 26.6 Å². The monoisotopic (exact) mass is 408 g/mol. The van der Waals surface area contributed by atoms with Crippen molar-refractivity contribution < 1.29 is 18.7 Å². The van der Waals surface area contributed by atoms with E-state index in [0.717, 1.165) is 4.47 Å². The van der Waals surface area contributed by atoms with E-state index in [1.165, 1.54) is 12.1 Å². The van der Waals surface area contributed by atoms with Crippen LogP contribution in [0, 0.1) is 5.82 Å². The Morgan fingerprint density at radius 3 is 2.56 bits per heavy atom. The average molecular weight is 409 g/mol. The number of rotatable bonds is 8. The standard InChI is InChI=1S/C18H18BrFN2O3/c19-14-4-1-3-13(11-14)18(24)22-12-17(23)21-9-2-10-25-16-7-5-15(20)6-8-16/h1,3-8,11H,2,9-10,12H2,(H,21,23)(H,22,24). The first kappa shape index (κ1) is 18.9. The highest BCUT2D eigenvalue weighted by Crippen LogP contribution is 2.12. The van der Waals surface area contributed by atoms with E-state index >= 15 is 0 Å². The van der Waals surface area contributed by atoms with Gasteiger partial charge in [-0.15, -0.1) is 0 Å². The Hall–Kier alpha value is -2.41. The van der Waals surface area contributed by atoms with E-state index in [9.17, 15) is 14.0 Å². The molecule has 0 aliphatic heterocycles. The molecule has 0 unspecified atom stereocenters. The highest BCUT2D eigenvalue weighted by molar-refractivity contribution is 9.10. The summed E-state index contributed by atoms with van der Waals surface area (Å²) >= 11 is 3.29. The van der Waals surface area contributed by atoms with Crippen LogP contribution in [0.3, 0.4) is 0 Å². The molecule has 2 rings (SSSR count). The molecule has 0 fully saturated rings. The number of hydrogen-bond acceptors (Lipinski definition) is 3. The summed E-state index contributed by atoms with van der Waals surface area (Å²) in [6.07, 6.45) is 0.600. The number of carbonyl (C=O) groups excluding carboxylic acids is 2. The molecule has 0 radical (unpaired) electrons. The quantitative estimate of drug-likeness (QED) is 0.659. The summed E-state index contributed by atoms with van der Waals surface area (Å²) in [5.41, 5.74) is 0.481. The Balaban J connectivity index is 1.59. The molecule has 2 aromatic rings. The predicted molar refractivity (Wildman–Crippen MR) is 96.0 cm³/mol. The lowest BCUT2D eigenvalue weighted by atomic mass is 10.2. The summed E-state index contributed by atoms with van der Waals surface area (Å²) in [6.45, 7) is 0.729. The predicted octanol–water partition coefficient (Wildman–Crippen LogP) is 2.90. The molecule has 2 aromatic carbocycles. The molecule has 5 nitrogen and oxygen atoms in total. The van der Waals surface area contributed by atoms with Crippen molar-refractivity contribution in [1.82, 2.24) is 10.6 Å². The molecule has 0 heterocycles. The number of nitrogens with one attached hydrogen (secondary N) is 2. The molecule has 25 heavy (non-hydrogen) atoms. The number of ether oxygens (including phenoxy) is 1. The summed E-state index contributed by atoms with van der Waals surface area (Å²) in [4.78, 5) is 23.6. The van der Waals surface area contributed by atoms with Gasteiger partial charge in [0, 0.05) is 16.6 Å². The van der Waals surface area contributed by atoms with Crippen molar-refractivity contribution in [3.05, 3.63) is 64.4 Å². The van der Waals surface area contributed by atoms with Gasteiger partial charge in [0.1, 0.15) is 11.6 Å². The van der Waals surface area contributed by atoms with Gasteiger partial charge in [0.25, 0.3) is 5.91 Å². The minimum atomic E-state index is -0.315. The van der Waals surface area contributed by atoms with Crippen molar-refractivity contribution in [2.24, 2.45) is 0 Å². The molecule has 0 bridgehead atoms. The first-order valence-corrected chi connectivity index (χ1v) is 8.53. The summed E-state index contributed by atoms with van der Waals surface area (Å²) in [7, 11) is 0. The van der Waals surface area contributed by atoms with Crippen LogP contribution >= 0.6 is 15.9 Å². The van der Waals surface area contributed by atoms with Gasteiger partial charge in [-0.2, -0.15) is 0 Å². The zero-order valence-electron chi connectivity index (χ0n) is 13.4. The second-order valence-electron chi connectivity index (χ2n) is 5.20. The van der Waals surface area contributed by atoms with Crippen LogP contribution < -0.4 is 15.4 Å². The van der Waals surface area contributed by atoms with Gasteiger partial charge in [-0.25, -0.2) is 4.39 Å². The van der Waals surface area contributed by atoms with Crippen LogP contribution in [0.25, 0.3) is 0 Å². The van der Waals surface area contributed by atoms with E-state index < -0.39 is 0 Å². The highest BCUT2D eigenvalue weighted by atomic mass is 79.9. The van der Waals surface area contributed by atoms with Gasteiger partial charge in [-0.1, -0.05) is 22.0 Å². The van der Waals surface area contributed by atoms with Crippen LogP contribution in [-0.4, -0.2) is 31.5 Å². The zero-order valence-corrected chi connectivity index (χ0v) is 15.0. The number of amides is 2. The van der Waals surface area contributed by atoms with Crippen molar-refractivity contribution in [3.8, 4) is 5.75 Å². The maximum absolute atomic E-state index is 12.7.